The van der Waals surface area contributed by atoms with Gasteiger partial charge >= 0.3 is 12.0 Å². The van der Waals surface area contributed by atoms with Gasteiger partial charge < -0.3 is 10.4 Å². The number of nitrogens with one attached hydrogen (secondary N) is 1. The van der Waals surface area contributed by atoms with Crippen molar-refractivity contribution in [1.29, 1.82) is 0 Å². The Kier molecular flexibility index (Phi) is 9.45. The van der Waals surface area contributed by atoms with E-state index in [4.69, 9.17) is 5.11 Å². The largest absolute Gasteiger partial charge is 0.481 e. The lowest BCUT2D eigenvalue weighted by Crippen LogP contribution is -2.46. The predicted octanol–water partition coefficient (Wildman–Crippen LogP) is 6.95. The SMILES string of the molecule is O=C(O)Cc1ccc(Sc2cccc(N(CCCc3ccccc3)C(=O)NC3CCCCC3)c2)cc1. The number of rotatable bonds is 10. The summed E-state index contributed by atoms with van der Waals surface area (Å²) in [4.78, 5) is 28.3. The number of carboxylic acids is 1. The summed E-state index contributed by atoms with van der Waals surface area (Å²) in [5.74, 6) is -0.832. The second-order valence-electron chi connectivity index (χ2n) is 9.34. The molecule has 2 N–H and O–H groups in total. The Hall–Kier alpha value is -3.25. The quantitative estimate of drug-likeness (QED) is 0.315. The highest BCUT2D eigenvalue weighted by Gasteiger charge is 2.21. The normalized spacial score (nSPS) is 13.8. The summed E-state index contributed by atoms with van der Waals surface area (Å²) in [5.41, 5.74) is 2.95. The molecule has 0 aromatic heterocycles. The van der Waals surface area contributed by atoms with Gasteiger partial charge in [-0.05, 0) is 67.1 Å². The molecule has 3 aromatic carbocycles. The maximum atomic E-state index is 13.4. The van der Waals surface area contributed by atoms with Gasteiger partial charge in [-0.1, -0.05) is 79.6 Å². The number of carbonyl (C=O) groups excluding carboxylic acids is 1. The number of aliphatic carboxylic acids is 1. The fourth-order valence-electron chi connectivity index (χ4n) is 4.63. The van der Waals surface area contributed by atoms with Gasteiger partial charge in [-0.3, -0.25) is 9.69 Å². The molecular formula is C30H34N2O3S. The van der Waals surface area contributed by atoms with E-state index >= 15 is 0 Å². The minimum Gasteiger partial charge on any atom is -0.481 e. The minimum atomic E-state index is -0.832. The van der Waals surface area contributed by atoms with Crippen molar-refractivity contribution >= 4 is 29.4 Å². The summed E-state index contributed by atoms with van der Waals surface area (Å²) in [6.07, 6.45) is 7.54. The van der Waals surface area contributed by atoms with Crippen LogP contribution in [0.15, 0.2) is 88.7 Å². The third-order valence-corrected chi connectivity index (χ3v) is 7.51. The average Bonchev–Trinajstić information content (AvgIpc) is 2.89. The van der Waals surface area contributed by atoms with Crippen LogP contribution in [0.1, 0.15) is 49.7 Å². The summed E-state index contributed by atoms with van der Waals surface area (Å²) in [7, 11) is 0. The van der Waals surface area contributed by atoms with Gasteiger partial charge in [-0.25, -0.2) is 4.79 Å². The van der Waals surface area contributed by atoms with E-state index in [2.05, 4.69) is 35.6 Å². The van der Waals surface area contributed by atoms with Crippen molar-refractivity contribution in [1.82, 2.24) is 5.32 Å². The summed E-state index contributed by atoms with van der Waals surface area (Å²) >= 11 is 1.61. The number of anilines is 1. The van der Waals surface area contributed by atoms with Crippen LogP contribution in [-0.4, -0.2) is 29.7 Å². The zero-order valence-corrected chi connectivity index (χ0v) is 21.4. The van der Waals surface area contributed by atoms with Crippen LogP contribution < -0.4 is 10.2 Å². The van der Waals surface area contributed by atoms with E-state index in [1.807, 2.05) is 53.4 Å². The monoisotopic (exact) mass is 502 g/mol. The molecule has 0 bridgehead atoms. The number of urea groups is 1. The Morgan fingerprint density at radius 3 is 2.33 bits per heavy atom. The number of aryl methyl sites for hydroxylation is 1. The molecule has 0 spiro atoms. The van der Waals surface area contributed by atoms with Crippen LogP contribution in [0.5, 0.6) is 0 Å². The Morgan fingerprint density at radius 2 is 1.61 bits per heavy atom. The lowest BCUT2D eigenvalue weighted by Gasteiger charge is -2.29. The smallest absolute Gasteiger partial charge is 0.322 e. The third-order valence-electron chi connectivity index (χ3n) is 6.51. The first-order valence-corrected chi connectivity index (χ1v) is 13.6. The zero-order valence-electron chi connectivity index (χ0n) is 20.6. The van der Waals surface area contributed by atoms with Crippen molar-refractivity contribution in [2.45, 2.75) is 67.2 Å². The zero-order chi connectivity index (χ0) is 25.2. The number of carbonyl (C=O) groups is 2. The molecule has 6 heteroatoms. The fraction of sp³-hybridized carbons (Fsp3) is 0.333. The van der Waals surface area contributed by atoms with E-state index < -0.39 is 5.97 Å². The average molecular weight is 503 g/mol. The number of hydrogen-bond donors (Lipinski definition) is 2. The van der Waals surface area contributed by atoms with Crippen LogP contribution in [0.25, 0.3) is 0 Å². The van der Waals surface area contributed by atoms with Gasteiger partial charge in [0.05, 0.1) is 6.42 Å². The molecule has 0 saturated heterocycles. The standard InChI is InChI=1S/C30H34N2O3S/c33-29(34)21-24-16-18-27(19-17-24)36-28-15-7-14-26(22-28)32(20-8-11-23-9-3-1-4-10-23)30(35)31-25-12-5-2-6-13-25/h1,3-4,7,9-10,14-19,22,25H,2,5-6,8,11-13,20-21H2,(H,31,35)(H,33,34). The van der Waals surface area contributed by atoms with Crippen LogP contribution in [0.4, 0.5) is 10.5 Å². The summed E-state index contributed by atoms with van der Waals surface area (Å²) < 4.78 is 0. The van der Waals surface area contributed by atoms with Crippen LogP contribution in [-0.2, 0) is 17.6 Å². The Morgan fingerprint density at radius 1 is 0.861 bits per heavy atom. The highest BCUT2D eigenvalue weighted by molar-refractivity contribution is 7.99. The lowest BCUT2D eigenvalue weighted by molar-refractivity contribution is -0.136. The first kappa shape index (κ1) is 25.8. The topological polar surface area (TPSA) is 69.6 Å². The maximum Gasteiger partial charge on any atom is 0.322 e. The molecule has 1 aliphatic carbocycles. The molecule has 36 heavy (non-hydrogen) atoms. The summed E-state index contributed by atoms with van der Waals surface area (Å²) in [5, 5.41) is 12.3. The van der Waals surface area contributed by atoms with Gasteiger partial charge in [0.2, 0.25) is 0 Å². The number of nitrogens with zero attached hydrogens (tertiary/aromatic N) is 1. The molecule has 1 saturated carbocycles. The van der Waals surface area contributed by atoms with Crippen molar-refractivity contribution in [3.63, 3.8) is 0 Å². The molecule has 3 aromatic rings. The van der Waals surface area contributed by atoms with E-state index in [9.17, 15) is 9.59 Å². The van der Waals surface area contributed by atoms with Crippen LogP contribution in [0.2, 0.25) is 0 Å². The number of carboxylic acid groups (broad SMARTS) is 1. The van der Waals surface area contributed by atoms with E-state index in [0.717, 1.165) is 46.7 Å². The van der Waals surface area contributed by atoms with Gasteiger partial charge in [0.15, 0.2) is 0 Å². The Bertz CT molecular complexity index is 1130. The van der Waals surface area contributed by atoms with Crippen molar-refractivity contribution in [3.05, 3.63) is 90.0 Å². The van der Waals surface area contributed by atoms with Crippen LogP contribution in [0, 0.1) is 0 Å². The summed E-state index contributed by atoms with van der Waals surface area (Å²) in [6, 6.07) is 26.3. The molecule has 0 aliphatic heterocycles. The molecular weight excluding hydrogens is 468 g/mol. The second-order valence-corrected chi connectivity index (χ2v) is 10.5. The Labute approximate surface area is 217 Å². The molecule has 1 fully saturated rings. The van der Waals surface area contributed by atoms with E-state index in [0.29, 0.717) is 6.54 Å². The Balaban J connectivity index is 1.46. The number of amides is 2. The van der Waals surface area contributed by atoms with E-state index in [-0.39, 0.29) is 18.5 Å². The van der Waals surface area contributed by atoms with Gasteiger partial charge in [0.1, 0.15) is 0 Å². The number of benzene rings is 3. The van der Waals surface area contributed by atoms with Gasteiger partial charge in [0, 0.05) is 28.1 Å². The van der Waals surface area contributed by atoms with Gasteiger partial charge in [-0.15, -0.1) is 0 Å². The highest BCUT2D eigenvalue weighted by Crippen LogP contribution is 2.31. The van der Waals surface area contributed by atoms with Crippen molar-refractivity contribution < 1.29 is 14.7 Å². The van der Waals surface area contributed by atoms with E-state index in [1.54, 1.807) is 11.8 Å². The van der Waals surface area contributed by atoms with Gasteiger partial charge in [0.25, 0.3) is 0 Å². The first-order valence-electron chi connectivity index (χ1n) is 12.8. The molecule has 0 unspecified atom stereocenters. The van der Waals surface area contributed by atoms with Crippen molar-refractivity contribution in [2.75, 3.05) is 11.4 Å². The second kappa shape index (κ2) is 13.2. The predicted molar refractivity (Wildman–Crippen MR) is 146 cm³/mol. The molecule has 4 rings (SSSR count). The van der Waals surface area contributed by atoms with Crippen molar-refractivity contribution in [3.8, 4) is 0 Å². The molecule has 188 valence electrons. The molecule has 0 radical (unpaired) electrons. The first-order chi connectivity index (χ1) is 17.6. The molecule has 0 heterocycles. The molecule has 2 amide bonds. The molecule has 0 atom stereocenters. The lowest BCUT2D eigenvalue weighted by atomic mass is 9.96. The highest BCUT2D eigenvalue weighted by atomic mass is 32.2. The maximum absolute atomic E-state index is 13.4. The molecule has 1 aliphatic rings. The van der Waals surface area contributed by atoms with Crippen molar-refractivity contribution in [2.24, 2.45) is 0 Å². The van der Waals surface area contributed by atoms with Crippen LogP contribution in [0.3, 0.4) is 0 Å². The number of hydrogen-bond acceptors (Lipinski definition) is 3. The fourth-order valence-corrected chi connectivity index (χ4v) is 5.50. The van der Waals surface area contributed by atoms with Crippen LogP contribution >= 0.6 is 11.8 Å². The third kappa shape index (κ3) is 7.89. The minimum absolute atomic E-state index is 0.0184. The summed E-state index contributed by atoms with van der Waals surface area (Å²) in [6.45, 7) is 0.644. The van der Waals surface area contributed by atoms with E-state index in [1.165, 1.54) is 24.8 Å². The molecule has 5 nitrogen and oxygen atoms in total. The van der Waals surface area contributed by atoms with Gasteiger partial charge in [-0.2, -0.15) is 0 Å².